The van der Waals surface area contributed by atoms with Crippen molar-refractivity contribution in [2.24, 2.45) is 0 Å². The number of anilines is 2. The molecule has 0 bridgehead atoms. The third-order valence-electron chi connectivity index (χ3n) is 6.23. The normalized spacial score (nSPS) is 12.1. The number of amides is 1. The lowest BCUT2D eigenvalue weighted by Gasteiger charge is -2.24. The summed E-state index contributed by atoms with van der Waals surface area (Å²) < 4.78 is 47.2. The number of hydrogen-bond donors (Lipinski definition) is 3. The highest BCUT2D eigenvalue weighted by Gasteiger charge is 2.22. The predicted octanol–water partition coefficient (Wildman–Crippen LogP) is 7.02. The number of halogens is 3. The highest BCUT2D eigenvalue weighted by Crippen LogP contribution is 2.34. The van der Waals surface area contributed by atoms with Gasteiger partial charge in [0.15, 0.2) is 0 Å². The number of carbonyl (C=O) groups is 2. The van der Waals surface area contributed by atoms with Gasteiger partial charge in [-0.05, 0) is 62.6 Å². The average molecular weight is 572 g/mol. The van der Waals surface area contributed by atoms with E-state index in [2.05, 4.69) is 10.6 Å². The van der Waals surface area contributed by atoms with Gasteiger partial charge in [0.05, 0.1) is 19.0 Å². The fourth-order valence-corrected chi connectivity index (χ4v) is 4.35. The zero-order chi connectivity index (χ0) is 30.3. The molecule has 41 heavy (non-hydrogen) atoms. The molecule has 0 saturated heterocycles. The van der Waals surface area contributed by atoms with E-state index in [1.54, 1.807) is 83.3 Å². The number of ether oxygens (including phenoxy) is 1. The number of rotatable bonds is 11. The van der Waals surface area contributed by atoms with E-state index in [1.807, 2.05) is 17.0 Å². The van der Waals surface area contributed by atoms with Gasteiger partial charge in [0.1, 0.15) is 11.4 Å². The number of nitrogens with zero attached hydrogens (tertiary/aromatic N) is 1. The van der Waals surface area contributed by atoms with E-state index in [-0.39, 0.29) is 17.5 Å². The number of benzene rings is 3. The van der Waals surface area contributed by atoms with E-state index < -0.39 is 42.5 Å². The molecule has 0 aliphatic heterocycles. The van der Waals surface area contributed by atoms with Gasteiger partial charge in [0, 0.05) is 36.1 Å². The summed E-state index contributed by atoms with van der Waals surface area (Å²) in [4.78, 5) is 25.4. The minimum Gasteiger partial charge on any atom is -0.481 e. The van der Waals surface area contributed by atoms with Crippen molar-refractivity contribution < 1.29 is 32.6 Å². The molecule has 0 heterocycles. The van der Waals surface area contributed by atoms with Crippen molar-refractivity contribution in [1.82, 2.24) is 5.32 Å². The summed E-state index contributed by atoms with van der Waals surface area (Å²) in [5.74, 6) is -1.52. The Kier molecular flexibility index (Phi) is 10.3. The molecule has 0 radical (unpaired) electrons. The summed E-state index contributed by atoms with van der Waals surface area (Å²) in [5, 5.41) is 14.6. The first kappa shape index (κ1) is 31.3. The van der Waals surface area contributed by atoms with Crippen molar-refractivity contribution in [2.45, 2.75) is 58.7 Å². The van der Waals surface area contributed by atoms with Crippen molar-refractivity contribution in [3.8, 4) is 11.1 Å². The van der Waals surface area contributed by atoms with Crippen LogP contribution in [0.15, 0.2) is 60.7 Å². The Morgan fingerprint density at radius 1 is 1.02 bits per heavy atom. The van der Waals surface area contributed by atoms with Crippen molar-refractivity contribution in [3.05, 3.63) is 83.2 Å². The largest absolute Gasteiger partial charge is 0.481 e. The van der Waals surface area contributed by atoms with Crippen LogP contribution in [0.4, 0.5) is 29.3 Å². The Labute approximate surface area is 238 Å². The molecule has 3 rings (SSSR count). The van der Waals surface area contributed by atoms with Crippen LogP contribution in [0, 0.1) is 5.82 Å². The monoisotopic (exact) mass is 571 g/mol. The first-order valence-electron chi connectivity index (χ1n) is 13.2. The van der Waals surface area contributed by atoms with E-state index >= 15 is 4.39 Å². The summed E-state index contributed by atoms with van der Waals surface area (Å²) >= 11 is 0. The van der Waals surface area contributed by atoms with Gasteiger partial charge in [-0.1, -0.05) is 42.5 Å². The zero-order valence-corrected chi connectivity index (χ0v) is 23.8. The molecule has 0 saturated carbocycles. The van der Waals surface area contributed by atoms with Crippen LogP contribution >= 0.6 is 0 Å². The van der Waals surface area contributed by atoms with Crippen LogP contribution < -0.4 is 15.5 Å². The van der Waals surface area contributed by atoms with Crippen molar-refractivity contribution >= 4 is 23.4 Å². The smallest absolute Gasteiger partial charge is 0.408 e. The van der Waals surface area contributed by atoms with Crippen LogP contribution in [0.1, 0.15) is 50.4 Å². The topological polar surface area (TPSA) is 90.9 Å². The summed E-state index contributed by atoms with van der Waals surface area (Å²) in [6, 6.07) is 16.3. The van der Waals surface area contributed by atoms with Gasteiger partial charge in [-0.2, -0.15) is 0 Å². The minimum absolute atomic E-state index is 0.140. The quantitative estimate of drug-likeness (QED) is 0.229. The summed E-state index contributed by atoms with van der Waals surface area (Å²) in [7, 11) is 1.78. The molecule has 1 atom stereocenters. The lowest BCUT2D eigenvalue weighted by molar-refractivity contribution is -0.136. The van der Waals surface area contributed by atoms with Crippen LogP contribution in [0.25, 0.3) is 11.1 Å². The molecule has 3 aromatic carbocycles. The Bertz CT molecular complexity index is 1370. The van der Waals surface area contributed by atoms with Gasteiger partial charge in [-0.15, -0.1) is 0 Å². The number of alkyl halides is 2. The lowest BCUT2D eigenvalue weighted by atomic mass is 9.97. The molecular formula is C31H36F3N3O4. The van der Waals surface area contributed by atoms with Crippen molar-refractivity contribution in [1.29, 1.82) is 0 Å². The van der Waals surface area contributed by atoms with E-state index in [0.29, 0.717) is 29.0 Å². The molecule has 1 amide bonds. The molecule has 220 valence electrons. The molecule has 0 aliphatic carbocycles. The third-order valence-corrected chi connectivity index (χ3v) is 6.23. The Morgan fingerprint density at radius 2 is 1.71 bits per heavy atom. The summed E-state index contributed by atoms with van der Waals surface area (Å²) in [6.45, 7) is 6.57. The van der Waals surface area contributed by atoms with Gasteiger partial charge >= 0.3 is 12.1 Å². The molecule has 10 heteroatoms. The number of alkyl carbamates (subject to hydrolysis) is 1. The van der Waals surface area contributed by atoms with E-state index in [0.717, 1.165) is 5.56 Å². The molecule has 7 nitrogen and oxygen atoms in total. The molecule has 3 aromatic rings. The summed E-state index contributed by atoms with van der Waals surface area (Å²) in [5.41, 5.74) is 2.60. The fraction of sp³-hybridized carbons (Fsp3) is 0.355. The van der Waals surface area contributed by atoms with Crippen LogP contribution in [0.2, 0.25) is 0 Å². The Balaban J connectivity index is 1.98. The van der Waals surface area contributed by atoms with E-state index in [4.69, 9.17) is 4.74 Å². The second-order valence-electron chi connectivity index (χ2n) is 10.8. The SMILES string of the molecule is C[C@@H](NC(=O)OC(C)(C)C)c1cccc(-c2cc(NCC(F)F)cc(N(C)Cc3ccccc3CC(=O)O)c2)c1F. The Morgan fingerprint density at radius 3 is 2.34 bits per heavy atom. The van der Waals surface area contributed by atoms with E-state index in [9.17, 15) is 23.5 Å². The minimum atomic E-state index is -2.59. The predicted molar refractivity (Wildman–Crippen MR) is 154 cm³/mol. The molecule has 0 fully saturated rings. The van der Waals surface area contributed by atoms with Crippen molar-refractivity contribution in [3.63, 3.8) is 0 Å². The van der Waals surface area contributed by atoms with Gasteiger partial charge in [-0.3, -0.25) is 4.79 Å². The first-order chi connectivity index (χ1) is 19.2. The fourth-order valence-electron chi connectivity index (χ4n) is 4.35. The van der Waals surface area contributed by atoms with Crippen LogP contribution in [-0.4, -0.2) is 42.8 Å². The number of nitrogens with one attached hydrogen (secondary N) is 2. The molecule has 0 spiro atoms. The number of carboxylic acid groups (broad SMARTS) is 1. The number of aliphatic carboxylic acids is 1. The number of carboxylic acids is 1. The van der Waals surface area contributed by atoms with Gasteiger partial charge < -0.3 is 25.4 Å². The highest BCUT2D eigenvalue weighted by molar-refractivity contribution is 5.76. The van der Waals surface area contributed by atoms with Gasteiger partial charge in [0.2, 0.25) is 0 Å². The van der Waals surface area contributed by atoms with Crippen molar-refractivity contribution in [2.75, 3.05) is 23.8 Å². The zero-order valence-electron chi connectivity index (χ0n) is 23.8. The van der Waals surface area contributed by atoms with Crippen LogP contribution in [-0.2, 0) is 22.5 Å². The molecule has 0 unspecified atom stereocenters. The second kappa shape index (κ2) is 13.4. The lowest BCUT2D eigenvalue weighted by Crippen LogP contribution is -2.34. The standard InChI is InChI=1S/C31H36F3N3O4/c1-19(36-30(40)41-31(2,3)4)25-11-8-12-26(29(25)34)22-13-23(35-17-27(32)33)16-24(14-22)37(5)18-21-10-7-6-9-20(21)15-28(38)39/h6-14,16,19,27,35H,15,17-18H2,1-5H3,(H,36,40)(H,38,39)/t19-/m1/s1. The first-order valence-corrected chi connectivity index (χ1v) is 13.2. The van der Waals surface area contributed by atoms with Gasteiger partial charge in [-0.25, -0.2) is 18.0 Å². The Hall–Kier alpha value is -4.21. The third kappa shape index (κ3) is 9.16. The molecule has 0 aliphatic rings. The maximum atomic E-state index is 15.9. The molecule has 3 N–H and O–H groups in total. The average Bonchev–Trinajstić information content (AvgIpc) is 2.87. The second-order valence-corrected chi connectivity index (χ2v) is 10.8. The number of carbonyl (C=O) groups excluding carboxylic acids is 1. The number of hydrogen-bond acceptors (Lipinski definition) is 5. The highest BCUT2D eigenvalue weighted by atomic mass is 19.3. The summed E-state index contributed by atoms with van der Waals surface area (Å²) in [6.07, 6.45) is -3.42. The molecule has 0 aromatic heterocycles. The van der Waals surface area contributed by atoms with Crippen LogP contribution in [0.5, 0.6) is 0 Å². The van der Waals surface area contributed by atoms with Gasteiger partial charge in [0.25, 0.3) is 6.43 Å². The van der Waals surface area contributed by atoms with E-state index in [1.165, 1.54) is 0 Å². The maximum Gasteiger partial charge on any atom is 0.408 e. The van der Waals surface area contributed by atoms with Crippen LogP contribution in [0.3, 0.4) is 0 Å². The maximum absolute atomic E-state index is 15.9. The molecular weight excluding hydrogens is 535 g/mol.